The van der Waals surface area contributed by atoms with Gasteiger partial charge in [0.1, 0.15) is 17.1 Å². The van der Waals surface area contributed by atoms with Crippen LogP contribution in [-0.2, 0) is 0 Å². The van der Waals surface area contributed by atoms with Crippen LogP contribution in [0.4, 0.5) is 5.69 Å². The molecule has 0 radical (unpaired) electrons. The minimum Gasteiger partial charge on any atom is -0.497 e. The number of rotatable bonds is 4. The van der Waals surface area contributed by atoms with Crippen molar-refractivity contribution < 1.29 is 18.7 Å². The zero-order valence-corrected chi connectivity index (χ0v) is 14.2. The lowest BCUT2D eigenvalue weighted by molar-refractivity contribution is 0.102. The summed E-state index contributed by atoms with van der Waals surface area (Å²) in [5.74, 6) is 0.345. The fourth-order valence-electron chi connectivity index (χ4n) is 2.37. The number of para-hydroxylation sites is 1. The summed E-state index contributed by atoms with van der Waals surface area (Å²) in [5, 5.41) is 3.49. The maximum Gasteiger partial charge on any atom is 0.349 e. The highest BCUT2D eigenvalue weighted by atomic mass is 35.5. The largest absolute Gasteiger partial charge is 0.497 e. The summed E-state index contributed by atoms with van der Waals surface area (Å²) in [4.78, 5) is 24.7. The highest BCUT2D eigenvalue weighted by molar-refractivity contribution is 6.34. The van der Waals surface area contributed by atoms with E-state index in [1.54, 1.807) is 36.4 Å². The molecule has 1 amide bonds. The van der Waals surface area contributed by atoms with Gasteiger partial charge in [0.2, 0.25) is 0 Å². The Hall–Kier alpha value is -2.99. The van der Waals surface area contributed by atoms with Crippen molar-refractivity contribution in [2.24, 2.45) is 0 Å². The summed E-state index contributed by atoms with van der Waals surface area (Å²) in [6.07, 6.45) is 0. The zero-order chi connectivity index (χ0) is 18.0. The second-order valence-electron chi connectivity index (χ2n) is 5.13. The molecule has 0 fully saturated rings. The Morgan fingerprint density at radius 3 is 2.64 bits per heavy atom. The van der Waals surface area contributed by atoms with Gasteiger partial charge in [-0.1, -0.05) is 23.7 Å². The molecule has 128 valence electrons. The summed E-state index contributed by atoms with van der Waals surface area (Å²) < 4.78 is 15.5. The summed E-state index contributed by atoms with van der Waals surface area (Å²) in [6.45, 7) is 0. The SMILES string of the molecule is COc1ccc(OC)c(NC(=O)c2cc3cccc(Cl)c3oc2=O)c1. The maximum absolute atomic E-state index is 12.5. The highest BCUT2D eigenvalue weighted by Gasteiger charge is 2.17. The van der Waals surface area contributed by atoms with Crippen LogP contribution in [0.2, 0.25) is 5.02 Å². The molecule has 0 bridgehead atoms. The lowest BCUT2D eigenvalue weighted by Gasteiger charge is -2.11. The maximum atomic E-state index is 12.5. The van der Waals surface area contributed by atoms with E-state index in [1.165, 1.54) is 20.3 Å². The average molecular weight is 360 g/mol. The van der Waals surface area contributed by atoms with E-state index < -0.39 is 11.5 Å². The van der Waals surface area contributed by atoms with Gasteiger partial charge in [-0.25, -0.2) is 4.79 Å². The second kappa shape index (κ2) is 6.86. The van der Waals surface area contributed by atoms with Gasteiger partial charge in [-0.05, 0) is 24.3 Å². The minimum atomic E-state index is -0.778. The number of hydrogen-bond donors (Lipinski definition) is 1. The molecule has 25 heavy (non-hydrogen) atoms. The number of halogens is 1. The van der Waals surface area contributed by atoms with Gasteiger partial charge in [-0.3, -0.25) is 4.79 Å². The fraction of sp³-hybridized carbons (Fsp3) is 0.111. The van der Waals surface area contributed by atoms with E-state index in [2.05, 4.69) is 5.32 Å². The lowest BCUT2D eigenvalue weighted by atomic mass is 10.1. The first kappa shape index (κ1) is 16.9. The fourth-order valence-corrected chi connectivity index (χ4v) is 2.59. The molecule has 0 aliphatic rings. The molecule has 1 aromatic heterocycles. The average Bonchev–Trinajstić information content (AvgIpc) is 2.62. The lowest BCUT2D eigenvalue weighted by Crippen LogP contribution is -2.21. The first-order valence-corrected chi connectivity index (χ1v) is 7.67. The zero-order valence-electron chi connectivity index (χ0n) is 13.5. The van der Waals surface area contributed by atoms with E-state index in [9.17, 15) is 9.59 Å². The van der Waals surface area contributed by atoms with Crippen LogP contribution in [0.25, 0.3) is 11.0 Å². The smallest absolute Gasteiger partial charge is 0.349 e. The third kappa shape index (κ3) is 3.29. The van der Waals surface area contributed by atoms with Crippen LogP contribution in [0.3, 0.4) is 0 Å². The standard InChI is InChI=1S/C18H14ClNO5/c1-23-11-6-7-15(24-2)14(9-11)20-17(21)12-8-10-4-3-5-13(19)16(10)25-18(12)22/h3-9H,1-2H3,(H,20,21). The normalized spacial score (nSPS) is 10.5. The molecule has 3 aromatic rings. The molecule has 1 N–H and O–H groups in total. The first-order chi connectivity index (χ1) is 12.0. The van der Waals surface area contributed by atoms with Gasteiger partial charge in [0.05, 0.1) is 24.9 Å². The molecule has 0 atom stereocenters. The Morgan fingerprint density at radius 1 is 1.12 bits per heavy atom. The summed E-state index contributed by atoms with van der Waals surface area (Å²) in [6, 6.07) is 11.4. The summed E-state index contributed by atoms with van der Waals surface area (Å²) >= 11 is 6.00. The van der Waals surface area contributed by atoms with Crippen LogP contribution in [0.1, 0.15) is 10.4 Å². The molecule has 0 unspecified atom stereocenters. The number of ether oxygens (including phenoxy) is 2. The number of fused-ring (bicyclic) bond motifs is 1. The van der Waals surface area contributed by atoms with Crippen LogP contribution in [-0.4, -0.2) is 20.1 Å². The van der Waals surface area contributed by atoms with Crippen LogP contribution in [0.5, 0.6) is 11.5 Å². The van der Waals surface area contributed by atoms with E-state index in [0.717, 1.165) is 0 Å². The predicted molar refractivity (Wildman–Crippen MR) is 95.0 cm³/mol. The van der Waals surface area contributed by atoms with Crippen LogP contribution < -0.4 is 20.4 Å². The molecule has 0 saturated heterocycles. The molecule has 3 rings (SSSR count). The third-order valence-corrected chi connectivity index (χ3v) is 3.91. The van der Waals surface area contributed by atoms with Crippen LogP contribution in [0.15, 0.2) is 51.7 Å². The topological polar surface area (TPSA) is 77.8 Å². The number of methoxy groups -OCH3 is 2. The molecule has 1 heterocycles. The molecule has 0 spiro atoms. The van der Waals surface area contributed by atoms with E-state index in [4.69, 9.17) is 25.5 Å². The molecule has 0 aliphatic carbocycles. The molecular formula is C18H14ClNO5. The van der Waals surface area contributed by atoms with Crippen molar-refractivity contribution in [3.63, 3.8) is 0 Å². The molecule has 0 aliphatic heterocycles. The number of anilines is 1. The molecular weight excluding hydrogens is 346 g/mol. The Morgan fingerprint density at radius 2 is 1.92 bits per heavy atom. The Labute approximate surface area is 147 Å². The molecule has 6 nitrogen and oxygen atoms in total. The number of hydrogen-bond acceptors (Lipinski definition) is 5. The second-order valence-corrected chi connectivity index (χ2v) is 5.53. The molecule has 0 saturated carbocycles. The predicted octanol–water partition coefficient (Wildman–Crippen LogP) is 3.72. The Kier molecular flexibility index (Phi) is 4.63. The van der Waals surface area contributed by atoms with E-state index in [0.29, 0.717) is 27.6 Å². The number of amides is 1. The Bertz CT molecular complexity index is 1010. The van der Waals surface area contributed by atoms with Gasteiger partial charge >= 0.3 is 5.63 Å². The number of carbonyl (C=O) groups excluding carboxylic acids is 1. The number of carbonyl (C=O) groups is 1. The third-order valence-electron chi connectivity index (χ3n) is 3.61. The van der Waals surface area contributed by atoms with Crippen molar-refractivity contribution in [2.45, 2.75) is 0 Å². The molecule has 7 heteroatoms. The quantitative estimate of drug-likeness (QED) is 0.718. The van der Waals surface area contributed by atoms with Gasteiger partial charge in [-0.15, -0.1) is 0 Å². The van der Waals surface area contributed by atoms with Crippen LogP contribution >= 0.6 is 11.6 Å². The van der Waals surface area contributed by atoms with Crippen molar-refractivity contribution in [1.29, 1.82) is 0 Å². The van der Waals surface area contributed by atoms with E-state index in [1.807, 2.05) is 0 Å². The van der Waals surface area contributed by atoms with Gasteiger partial charge < -0.3 is 19.2 Å². The van der Waals surface area contributed by atoms with Crippen molar-refractivity contribution >= 4 is 34.2 Å². The van der Waals surface area contributed by atoms with Crippen molar-refractivity contribution in [3.8, 4) is 11.5 Å². The number of nitrogens with one attached hydrogen (secondary N) is 1. The van der Waals surface area contributed by atoms with Crippen molar-refractivity contribution in [2.75, 3.05) is 19.5 Å². The first-order valence-electron chi connectivity index (χ1n) is 7.29. The van der Waals surface area contributed by atoms with E-state index in [-0.39, 0.29) is 11.1 Å². The van der Waals surface area contributed by atoms with Gasteiger partial charge in [0.15, 0.2) is 5.58 Å². The van der Waals surface area contributed by atoms with Crippen LogP contribution in [0, 0.1) is 0 Å². The minimum absolute atomic E-state index is 0.139. The van der Waals surface area contributed by atoms with Gasteiger partial charge in [0.25, 0.3) is 5.91 Å². The van der Waals surface area contributed by atoms with Crippen molar-refractivity contribution in [1.82, 2.24) is 0 Å². The highest BCUT2D eigenvalue weighted by Crippen LogP contribution is 2.29. The van der Waals surface area contributed by atoms with Gasteiger partial charge in [0, 0.05) is 11.5 Å². The molecule has 2 aromatic carbocycles. The monoisotopic (exact) mass is 359 g/mol. The van der Waals surface area contributed by atoms with Gasteiger partial charge in [-0.2, -0.15) is 0 Å². The summed E-state index contributed by atoms with van der Waals surface area (Å²) in [7, 11) is 2.99. The Balaban J connectivity index is 2.01. The van der Waals surface area contributed by atoms with Crippen molar-refractivity contribution in [3.05, 3.63) is 63.5 Å². The summed E-state index contributed by atoms with van der Waals surface area (Å²) in [5.41, 5.74) is -0.304. The number of benzene rings is 2. The van der Waals surface area contributed by atoms with E-state index >= 15 is 0 Å².